The first-order valence-corrected chi connectivity index (χ1v) is 13.2. The van der Waals surface area contributed by atoms with Gasteiger partial charge in [-0.3, -0.25) is 9.69 Å². The summed E-state index contributed by atoms with van der Waals surface area (Å²) in [5.41, 5.74) is 2.77. The van der Waals surface area contributed by atoms with E-state index in [9.17, 15) is 9.59 Å². The third-order valence-electron chi connectivity index (χ3n) is 6.73. The third kappa shape index (κ3) is 8.62. The van der Waals surface area contributed by atoms with Crippen molar-refractivity contribution in [3.05, 3.63) is 89.5 Å². The Balaban J connectivity index is 0.00000280. The van der Waals surface area contributed by atoms with Crippen LogP contribution in [0.5, 0.6) is 11.5 Å². The van der Waals surface area contributed by atoms with E-state index in [1.54, 1.807) is 32.2 Å². The number of carbonyl (C=O) groups is 2. The Morgan fingerprint density at radius 2 is 1.50 bits per heavy atom. The van der Waals surface area contributed by atoms with Gasteiger partial charge in [0.15, 0.2) is 5.78 Å². The highest BCUT2D eigenvalue weighted by Gasteiger charge is 2.22. The Kier molecular flexibility index (Phi) is 13.8. The molecule has 9 heteroatoms. The molecule has 0 saturated carbocycles. The first kappa shape index (κ1) is 32.9. The molecule has 0 radical (unpaired) electrons. The summed E-state index contributed by atoms with van der Waals surface area (Å²) in [5.74, 6) is 0.639. The molecule has 216 valence electrons. The van der Waals surface area contributed by atoms with Crippen LogP contribution in [0.4, 0.5) is 5.69 Å². The van der Waals surface area contributed by atoms with E-state index in [4.69, 9.17) is 14.2 Å². The van der Waals surface area contributed by atoms with Crippen LogP contribution in [0, 0.1) is 0 Å². The quantitative estimate of drug-likeness (QED) is 0.144. The van der Waals surface area contributed by atoms with Gasteiger partial charge in [0, 0.05) is 39.1 Å². The number of hydrogen-bond donors (Lipinski definition) is 0. The molecule has 7 nitrogen and oxygen atoms in total. The minimum atomic E-state index is -0.472. The van der Waals surface area contributed by atoms with E-state index in [0.717, 1.165) is 56.1 Å². The summed E-state index contributed by atoms with van der Waals surface area (Å²) >= 11 is 0. The smallest absolute Gasteiger partial charge is 0.341 e. The molecule has 0 unspecified atom stereocenters. The number of rotatable bonds is 12. The normalized spacial score (nSPS) is 13.0. The van der Waals surface area contributed by atoms with Gasteiger partial charge in [0.1, 0.15) is 23.7 Å². The molecule has 1 aliphatic heterocycles. The Morgan fingerprint density at radius 1 is 0.825 bits per heavy atom. The molecule has 0 spiro atoms. The summed E-state index contributed by atoms with van der Waals surface area (Å²) < 4.78 is 17.1. The van der Waals surface area contributed by atoms with Crippen LogP contribution in [-0.4, -0.2) is 63.1 Å². The minimum absolute atomic E-state index is 0. The van der Waals surface area contributed by atoms with Crippen LogP contribution < -0.4 is 14.4 Å². The SMILES string of the molecule is CCC(=O)c1cccc(C(=O)OCCCN2CCN(c3ccccc3OC)CC2)c1OCc1ccccc1.Cl.Cl. The molecule has 3 aromatic rings. The zero-order valence-electron chi connectivity index (χ0n) is 23.0. The molecule has 0 bridgehead atoms. The number of esters is 1. The fourth-order valence-corrected chi connectivity index (χ4v) is 4.63. The van der Waals surface area contributed by atoms with Crippen molar-refractivity contribution in [2.45, 2.75) is 26.4 Å². The maximum absolute atomic E-state index is 13.0. The van der Waals surface area contributed by atoms with Gasteiger partial charge < -0.3 is 19.1 Å². The molecule has 4 rings (SSSR count). The molecule has 40 heavy (non-hydrogen) atoms. The lowest BCUT2D eigenvalue weighted by molar-refractivity contribution is 0.0482. The molecule has 0 amide bonds. The van der Waals surface area contributed by atoms with Crippen LogP contribution in [0.25, 0.3) is 0 Å². The number of anilines is 1. The Morgan fingerprint density at radius 3 is 2.20 bits per heavy atom. The van der Waals surface area contributed by atoms with Crippen molar-refractivity contribution in [2.24, 2.45) is 0 Å². The number of hydrogen-bond acceptors (Lipinski definition) is 7. The van der Waals surface area contributed by atoms with Gasteiger partial charge in [-0.25, -0.2) is 4.79 Å². The summed E-state index contributed by atoms with van der Waals surface area (Å²) in [4.78, 5) is 30.3. The molecular weight excluding hydrogens is 551 g/mol. The number of ether oxygens (including phenoxy) is 3. The highest BCUT2D eigenvalue weighted by atomic mass is 35.5. The van der Waals surface area contributed by atoms with E-state index in [1.807, 2.05) is 48.5 Å². The summed E-state index contributed by atoms with van der Waals surface area (Å²) in [6.45, 7) is 6.91. The molecule has 0 aliphatic carbocycles. The van der Waals surface area contributed by atoms with Crippen LogP contribution in [0.2, 0.25) is 0 Å². The maximum atomic E-state index is 13.0. The zero-order valence-corrected chi connectivity index (χ0v) is 24.7. The van der Waals surface area contributed by atoms with Crippen LogP contribution in [0.1, 0.15) is 46.0 Å². The first-order chi connectivity index (χ1) is 18.6. The molecule has 1 fully saturated rings. The average Bonchev–Trinajstić information content (AvgIpc) is 2.98. The van der Waals surface area contributed by atoms with E-state index in [-0.39, 0.29) is 42.8 Å². The molecule has 0 aromatic heterocycles. The topological polar surface area (TPSA) is 68.3 Å². The van der Waals surface area contributed by atoms with Crippen molar-refractivity contribution in [1.82, 2.24) is 4.90 Å². The van der Waals surface area contributed by atoms with Crippen LogP contribution in [0.3, 0.4) is 0 Å². The lowest BCUT2D eigenvalue weighted by Gasteiger charge is -2.36. The molecule has 0 N–H and O–H groups in total. The molecule has 1 heterocycles. The van der Waals surface area contributed by atoms with Gasteiger partial charge in [0.05, 0.1) is 25.0 Å². The molecule has 0 atom stereocenters. The number of methoxy groups -OCH3 is 1. The zero-order chi connectivity index (χ0) is 26.7. The van der Waals surface area contributed by atoms with Crippen molar-refractivity contribution in [2.75, 3.05) is 51.3 Å². The van der Waals surface area contributed by atoms with Gasteiger partial charge >= 0.3 is 5.97 Å². The van der Waals surface area contributed by atoms with Crippen molar-refractivity contribution < 1.29 is 23.8 Å². The monoisotopic (exact) mass is 588 g/mol. The van der Waals surface area contributed by atoms with Crippen LogP contribution in [0.15, 0.2) is 72.8 Å². The predicted molar refractivity (Wildman–Crippen MR) is 163 cm³/mol. The second-order valence-electron chi connectivity index (χ2n) is 9.22. The Labute approximate surface area is 249 Å². The van der Waals surface area contributed by atoms with Gasteiger partial charge in [-0.05, 0) is 36.2 Å². The molecular formula is C31H38Cl2N2O5. The largest absolute Gasteiger partial charge is 0.495 e. The summed E-state index contributed by atoms with van der Waals surface area (Å²) in [5, 5.41) is 0. The van der Waals surface area contributed by atoms with E-state index >= 15 is 0 Å². The fraction of sp³-hybridized carbons (Fsp3) is 0.355. The maximum Gasteiger partial charge on any atom is 0.341 e. The van der Waals surface area contributed by atoms with Gasteiger partial charge in [0.2, 0.25) is 0 Å². The summed E-state index contributed by atoms with van der Waals surface area (Å²) in [7, 11) is 1.70. The lowest BCUT2D eigenvalue weighted by atomic mass is 10.0. The number of Topliss-reactive ketones (excluding diaryl/α,β-unsaturated/α-hetero) is 1. The Hall–Kier alpha value is -3.26. The number of benzene rings is 3. The molecule has 1 aliphatic rings. The van der Waals surface area contributed by atoms with E-state index < -0.39 is 5.97 Å². The summed E-state index contributed by atoms with van der Waals surface area (Å²) in [6, 6.07) is 22.8. The number of carbonyl (C=O) groups excluding carboxylic acids is 2. The molecule has 3 aromatic carbocycles. The van der Waals surface area contributed by atoms with Crippen molar-refractivity contribution in [3.63, 3.8) is 0 Å². The summed E-state index contributed by atoms with van der Waals surface area (Å²) in [6.07, 6.45) is 1.05. The highest BCUT2D eigenvalue weighted by Crippen LogP contribution is 2.29. The second-order valence-corrected chi connectivity index (χ2v) is 9.22. The van der Waals surface area contributed by atoms with Gasteiger partial charge in [-0.2, -0.15) is 0 Å². The van der Waals surface area contributed by atoms with Crippen molar-refractivity contribution >= 4 is 42.3 Å². The van der Waals surface area contributed by atoms with Crippen LogP contribution >= 0.6 is 24.8 Å². The highest BCUT2D eigenvalue weighted by molar-refractivity contribution is 6.03. The Bertz CT molecular complexity index is 1220. The number of ketones is 1. The fourth-order valence-electron chi connectivity index (χ4n) is 4.63. The van der Waals surface area contributed by atoms with Crippen molar-refractivity contribution in [3.8, 4) is 11.5 Å². The first-order valence-electron chi connectivity index (χ1n) is 13.2. The predicted octanol–water partition coefficient (Wildman–Crippen LogP) is 6.08. The number of para-hydroxylation sites is 3. The standard InChI is InChI=1S/C31H36N2O5.2ClH/c1-3-28(34)25-13-9-14-26(30(25)38-23-24-11-5-4-6-12-24)31(35)37-22-10-17-32-18-20-33(21-19-32)27-15-7-8-16-29(27)36-2;;/h4-9,11-16H,3,10,17-23H2,1-2H3;2*1H. The van der Waals surface area contributed by atoms with Gasteiger partial charge in [-0.15, -0.1) is 24.8 Å². The van der Waals surface area contributed by atoms with E-state index in [0.29, 0.717) is 24.3 Å². The lowest BCUT2D eigenvalue weighted by Crippen LogP contribution is -2.46. The minimum Gasteiger partial charge on any atom is -0.495 e. The van der Waals surface area contributed by atoms with Crippen LogP contribution in [-0.2, 0) is 11.3 Å². The number of piperazine rings is 1. The van der Waals surface area contributed by atoms with Crippen molar-refractivity contribution in [1.29, 1.82) is 0 Å². The van der Waals surface area contributed by atoms with Gasteiger partial charge in [0.25, 0.3) is 0 Å². The van der Waals surface area contributed by atoms with E-state index in [1.165, 1.54) is 0 Å². The average molecular weight is 590 g/mol. The number of nitrogens with zero attached hydrogens (tertiary/aromatic N) is 2. The van der Waals surface area contributed by atoms with Gasteiger partial charge in [-0.1, -0.05) is 55.5 Å². The van der Waals surface area contributed by atoms with E-state index in [2.05, 4.69) is 15.9 Å². The number of halogens is 2. The second kappa shape index (κ2) is 16.8. The third-order valence-corrected chi connectivity index (χ3v) is 6.73. The molecule has 1 saturated heterocycles.